The molecule has 2 saturated heterocycles. The molecular weight excluding hydrogens is 552 g/mol. The lowest BCUT2D eigenvalue weighted by molar-refractivity contribution is -0.290. The summed E-state index contributed by atoms with van der Waals surface area (Å²) in [4.78, 5) is 12.7. The standard InChI is InChI=1S/C26H28O15/c27-7-17-20(32)23(35)25(40-17)37-8-18-21(33)22(34)24(36)26(41-18)38-10-4-13(30)19-14(31)6-15(39-16(19)5-10)9-1-2-11(28)12(29)3-9/h1-6,17-18,20-30,32-36H,7-8H2/t17-,18+,20+,21+,22+,23+,24+,25-,26+/m1/s1. The number of ether oxygens (including phenoxy) is 4. The summed E-state index contributed by atoms with van der Waals surface area (Å²) in [5.74, 6) is -1.55. The van der Waals surface area contributed by atoms with Gasteiger partial charge in [-0.15, -0.1) is 0 Å². The number of phenolic OH excluding ortho intramolecular Hbond substituents is 3. The fraction of sp³-hybridized carbons (Fsp3) is 0.423. The van der Waals surface area contributed by atoms with Crippen LogP contribution in [0, 0.1) is 0 Å². The fourth-order valence-corrected chi connectivity index (χ4v) is 4.61. The number of fused-ring (bicyclic) bond motifs is 1. The number of benzene rings is 2. The Labute approximate surface area is 230 Å². The van der Waals surface area contributed by atoms with Gasteiger partial charge in [-0.2, -0.15) is 0 Å². The average molecular weight is 580 g/mol. The van der Waals surface area contributed by atoms with Gasteiger partial charge in [0.1, 0.15) is 71.0 Å². The zero-order chi connectivity index (χ0) is 29.6. The summed E-state index contributed by atoms with van der Waals surface area (Å²) < 4.78 is 27.5. The summed E-state index contributed by atoms with van der Waals surface area (Å²) >= 11 is 0. The SMILES string of the molecule is O=c1cc(-c2ccc(O)c(O)c2)oc2cc(O[C@H]3O[C@@H](CO[C@@H]4O[C@H](CO)[C@H](O)[C@@H]4O)[C@H](O)[C@H](O)[C@@H]3O)cc(O)c12. The summed E-state index contributed by atoms with van der Waals surface area (Å²) in [6.07, 6.45) is -13.6. The van der Waals surface area contributed by atoms with Crippen LogP contribution in [0.25, 0.3) is 22.3 Å². The van der Waals surface area contributed by atoms with Crippen molar-refractivity contribution in [1.29, 1.82) is 0 Å². The molecule has 2 fully saturated rings. The van der Waals surface area contributed by atoms with Crippen LogP contribution in [0.5, 0.6) is 23.0 Å². The average Bonchev–Trinajstić information content (AvgIpc) is 3.21. The lowest BCUT2D eigenvalue weighted by atomic mass is 9.99. The Balaban J connectivity index is 1.36. The lowest BCUT2D eigenvalue weighted by Gasteiger charge is -2.40. The van der Waals surface area contributed by atoms with Crippen molar-refractivity contribution in [3.05, 3.63) is 46.6 Å². The monoisotopic (exact) mass is 580 g/mol. The van der Waals surface area contributed by atoms with E-state index in [1.165, 1.54) is 24.3 Å². The van der Waals surface area contributed by atoms with Crippen molar-refractivity contribution in [2.75, 3.05) is 13.2 Å². The van der Waals surface area contributed by atoms with Gasteiger partial charge in [0.05, 0.1) is 13.2 Å². The molecule has 41 heavy (non-hydrogen) atoms. The second kappa shape index (κ2) is 11.4. The van der Waals surface area contributed by atoms with Crippen molar-refractivity contribution in [1.82, 2.24) is 0 Å². The topological polar surface area (TPSA) is 249 Å². The van der Waals surface area contributed by atoms with Crippen LogP contribution in [0.3, 0.4) is 0 Å². The third kappa shape index (κ3) is 5.54. The van der Waals surface area contributed by atoms with Gasteiger partial charge in [0.15, 0.2) is 23.2 Å². The summed E-state index contributed by atoms with van der Waals surface area (Å²) in [7, 11) is 0. The van der Waals surface area contributed by atoms with E-state index < -0.39 is 85.4 Å². The molecule has 0 amide bonds. The summed E-state index contributed by atoms with van der Waals surface area (Å²) in [5, 5.41) is 90.0. The molecule has 2 aliphatic heterocycles. The molecule has 3 aromatic rings. The smallest absolute Gasteiger partial charge is 0.229 e. The van der Waals surface area contributed by atoms with Gasteiger partial charge in [-0.3, -0.25) is 4.79 Å². The predicted octanol–water partition coefficient (Wildman–Crippen LogP) is -1.78. The second-order valence-corrected chi connectivity index (χ2v) is 9.67. The Hall–Kier alpha value is -3.51. The third-order valence-electron chi connectivity index (χ3n) is 6.89. The first-order valence-electron chi connectivity index (χ1n) is 12.4. The Kier molecular flexibility index (Phi) is 8.06. The van der Waals surface area contributed by atoms with E-state index in [0.29, 0.717) is 0 Å². The minimum atomic E-state index is -1.79. The molecule has 1 aromatic heterocycles. The van der Waals surface area contributed by atoms with Crippen molar-refractivity contribution in [2.24, 2.45) is 0 Å². The second-order valence-electron chi connectivity index (χ2n) is 9.67. The molecule has 0 radical (unpaired) electrons. The molecule has 0 saturated carbocycles. The highest BCUT2D eigenvalue weighted by atomic mass is 16.7. The van der Waals surface area contributed by atoms with Crippen molar-refractivity contribution < 1.29 is 69.3 Å². The van der Waals surface area contributed by atoms with Crippen LogP contribution < -0.4 is 10.2 Å². The summed E-state index contributed by atoms with van der Waals surface area (Å²) in [6.45, 7) is -1.09. The number of aliphatic hydroxyl groups is 6. The molecule has 3 heterocycles. The van der Waals surface area contributed by atoms with Gasteiger partial charge < -0.3 is 69.3 Å². The van der Waals surface area contributed by atoms with E-state index >= 15 is 0 Å². The summed E-state index contributed by atoms with van der Waals surface area (Å²) in [6, 6.07) is 7.08. The molecule has 0 aliphatic carbocycles. The van der Waals surface area contributed by atoms with E-state index in [0.717, 1.165) is 12.1 Å². The van der Waals surface area contributed by atoms with Crippen molar-refractivity contribution in [3.63, 3.8) is 0 Å². The number of hydrogen-bond acceptors (Lipinski definition) is 15. The van der Waals surface area contributed by atoms with Crippen LogP contribution in [-0.2, 0) is 14.2 Å². The van der Waals surface area contributed by atoms with E-state index in [9.17, 15) is 50.8 Å². The van der Waals surface area contributed by atoms with E-state index in [1.54, 1.807) is 0 Å². The quantitative estimate of drug-likeness (QED) is 0.140. The number of aliphatic hydroxyl groups excluding tert-OH is 6. The normalized spacial score (nSPS) is 31.9. The molecule has 15 nitrogen and oxygen atoms in total. The van der Waals surface area contributed by atoms with Crippen molar-refractivity contribution in [2.45, 2.75) is 55.3 Å². The van der Waals surface area contributed by atoms with Crippen LogP contribution in [-0.4, -0.2) is 114 Å². The van der Waals surface area contributed by atoms with Gasteiger partial charge in [-0.1, -0.05) is 0 Å². The molecule has 9 atom stereocenters. The minimum Gasteiger partial charge on any atom is -0.507 e. The van der Waals surface area contributed by atoms with Crippen molar-refractivity contribution in [3.8, 4) is 34.3 Å². The molecule has 5 rings (SSSR count). The molecule has 2 aliphatic rings. The molecular formula is C26H28O15. The first-order valence-corrected chi connectivity index (χ1v) is 12.4. The highest BCUT2D eigenvalue weighted by molar-refractivity contribution is 5.86. The Morgan fingerprint density at radius 1 is 0.732 bits per heavy atom. The molecule has 2 aromatic carbocycles. The van der Waals surface area contributed by atoms with Crippen LogP contribution in [0.15, 0.2) is 45.6 Å². The van der Waals surface area contributed by atoms with Gasteiger partial charge in [0.25, 0.3) is 0 Å². The zero-order valence-corrected chi connectivity index (χ0v) is 21.0. The Morgan fingerprint density at radius 2 is 1.41 bits per heavy atom. The molecule has 9 N–H and O–H groups in total. The largest absolute Gasteiger partial charge is 0.507 e. The number of hydrogen-bond donors (Lipinski definition) is 9. The molecule has 0 unspecified atom stereocenters. The molecule has 0 bridgehead atoms. The minimum absolute atomic E-state index is 0.0102. The third-order valence-corrected chi connectivity index (χ3v) is 6.89. The van der Waals surface area contributed by atoms with Gasteiger partial charge >= 0.3 is 0 Å². The summed E-state index contributed by atoms with van der Waals surface area (Å²) in [5.41, 5.74) is -0.539. The maximum absolute atomic E-state index is 12.7. The van der Waals surface area contributed by atoms with Crippen LogP contribution >= 0.6 is 0 Å². The highest BCUT2D eigenvalue weighted by Gasteiger charge is 2.47. The maximum atomic E-state index is 12.7. The maximum Gasteiger partial charge on any atom is 0.229 e. The van der Waals surface area contributed by atoms with E-state index in [2.05, 4.69) is 0 Å². The number of aromatic hydroxyl groups is 3. The first-order chi connectivity index (χ1) is 19.5. The molecule has 15 heteroatoms. The number of phenols is 3. The fourth-order valence-electron chi connectivity index (χ4n) is 4.61. The van der Waals surface area contributed by atoms with Crippen LogP contribution in [0.1, 0.15) is 0 Å². The Bertz CT molecular complexity index is 1460. The van der Waals surface area contributed by atoms with Crippen molar-refractivity contribution >= 4 is 11.0 Å². The zero-order valence-electron chi connectivity index (χ0n) is 21.0. The molecule has 222 valence electrons. The first kappa shape index (κ1) is 29.0. The Morgan fingerprint density at radius 3 is 2.10 bits per heavy atom. The van der Waals surface area contributed by atoms with E-state index in [1.807, 2.05) is 0 Å². The number of rotatable bonds is 7. The van der Waals surface area contributed by atoms with E-state index in [4.69, 9.17) is 23.4 Å². The predicted molar refractivity (Wildman–Crippen MR) is 134 cm³/mol. The van der Waals surface area contributed by atoms with Gasteiger partial charge in [0.2, 0.25) is 6.29 Å². The van der Waals surface area contributed by atoms with Gasteiger partial charge in [-0.05, 0) is 18.2 Å². The van der Waals surface area contributed by atoms with Crippen LogP contribution in [0.4, 0.5) is 0 Å². The molecule has 0 spiro atoms. The lowest BCUT2D eigenvalue weighted by Crippen LogP contribution is -2.60. The van der Waals surface area contributed by atoms with Crippen LogP contribution in [0.2, 0.25) is 0 Å². The van der Waals surface area contributed by atoms with Gasteiger partial charge in [-0.25, -0.2) is 0 Å². The van der Waals surface area contributed by atoms with Gasteiger partial charge in [0, 0.05) is 23.8 Å². The highest BCUT2D eigenvalue weighted by Crippen LogP contribution is 2.35. The van der Waals surface area contributed by atoms with E-state index in [-0.39, 0.29) is 33.8 Å².